The first kappa shape index (κ1) is 13.4. The van der Waals surface area contributed by atoms with E-state index < -0.39 is 5.97 Å². The maximum absolute atomic E-state index is 11.6. The molecule has 0 unspecified atom stereocenters. The fourth-order valence-electron chi connectivity index (χ4n) is 1.73. The van der Waals surface area contributed by atoms with Gasteiger partial charge in [-0.25, -0.2) is 9.78 Å². The van der Waals surface area contributed by atoms with Gasteiger partial charge in [-0.15, -0.1) is 0 Å². The molecule has 0 N–H and O–H groups in total. The predicted molar refractivity (Wildman–Crippen MR) is 71.2 cm³/mol. The lowest BCUT2D eigenvalue weighted by atomic mass is 10.1. The Labute approximate surface area is 115 Å². The summed E-state index contributed by atoms with van der Waals surface area (Å²) in [5.41, 5.74) is 0.772. The van der Waals surface area contributed by atoms with Crippen molar-refractivity contribution < 1.29 is 19.0 Å². The van der Waals surface area contributed by atoms with Crippen LogP contribution in [0.4, 0.5) is 0 Å². The summed E-state index contributed by atoms with van der Waals surface area (Å²) < 4.78 is 15.1. The lowest BCUT2D eigenvalue weighted by molar-refractivity contribution is 0.0600. The van der Waals surface area contributed by atoms with Crippen molar-refractivity contribution in [2.24, 2.45) is 0 Å². The number of ether oxygens (including phenoxy) is 3. The molecule has 0 saturated carbocycles. The summed E-state index contributed by atoms with van der Waals surface area (Å²) in [6.07, 6.45) is 0. The van der Waals surface area contributed by atoms with Gasteiger partial charge >= 0.3 is 5.97 Å². The Morgan fingerprint density at radius 1 is 1.16 bits per heavy atom. The molecular weight excluding hydrogens is 270 g/mol. The van der Waals surface area contributed by atoms with Crippen molar-refractivity contribution in [3.8, 4) is 11.5 Å². The number of nitrogens with zero attached hydrogens (tertiary/aromatic N) is 1. The van der Waals surface area contributed by atoms with Gasteiger partial charge < -0.3 is 14.2 Å². The number of aromatic nitrogens is 1. The minimum absolute atomic E-state index is 0.0784. The molecule has 0 atom stereocenters. The highest BCUT2D eigenvalue weighted by molar-refractivity contribution is 6.33. The molecular formula is C13H12ClNO4. The molecule has 0 saturated heterocycles. The summed E-state index contributed by atoms with van der Waals surface area (Å²) in [4.78, 5) is 15.8. The maximum Gasteiger partial charge on any atom is 0.341 e. The first-order valence-corrected chi connectivity index (χ1v) is 5.79. The van der Waals surface area contributed by atoms with Gasteiger partial charge in [0, 0.05) is 17.5 Å². The van der Waals surface area contributed by atoms with Crippen LogP contribution in [0.3, 0.4) is 0 Å². The van der Waals surface area contributed by atoms with E-state index in [0.29, 0.717) is 22.4 Å². The van der Waals surface area contributed by atoms with Crippen LogP contribution in [0, 0.1) is 0 Å². The average molecular weight is 282 g/mol. The minimum Gasteiger partial charge on any atom is -0.497 e. The number of hydrogen-bond acceptors (Lipinski definition) is 5. The second kappa shape index (κ2) is 5.32. The summed E-state index contributed by atoms with van der Waals surface area (Å²) in [6, 6.07) is 5.01. The van der Waals surface area contributed by atoms with E-state index in [-0.39, 0.29) is 10.7 Å². The standard InChI is InChI=1S/C13H12ClNO4/c1-17-7-4-10-8(11(5-7)18-2)6-9(12(14)15-10)13(16)19-3/h4-6H,1-3H3. The van der Waals surface area contributed by atoms with Crippen molar-refractivity contribution in [2.75, 3.05) is 21.3 Å². The van der Waals surface area contributed by atoms with Crippen molar-refractivity contribution in [3.05, 3.63) is 28.9 Å². The van der Waals surface area contributed by atoms with Crippen LogP contribution in [0.2, 0.25) is 5.15 Å². The molecule has 100 valence electrons. The van der Waals surface area contributed by atoms with E-state index in [4.69, 9.17) is 21.1 Å². The number of pyridine rings is 1. The zero-order chi connectivity index (χ0) is 14.0. The molecule has 0 fully saturated rings. The van der Waals surface area contributed by atoms with E-state index in [1.54, 1.807) is 25.3 Å². The third kappa shape index (κ3) is 2.42. The number of fused-ring (bicyclic) bond motifs is 1. The SMILES string of the molecule is COC(=O)c1cc2c(OC)cc(OC)cc2nc1Cl. The maximum atomic E-state index is 11.6. The molecule has 19 heavy (non-hydrogen) atoms. The largest absolute Gasteiger partial charge is 0.497 e. The Morgan fingerprint density at radius 3 is 2.47 bits per heavy atom. The van der Waals surface area contributed by atoms with Crippen molar-refractivity contribution in [2.45, 2.75) is 0 Å². The fourth-order valence-corrected chi connectivity index (χ4v) is 1.96. The highest BCUT2D eigenvalue weighted by Crippen LogP contribution is 2.32. The third-order valence-corrected chi connectivity index (χ3v) is 2.97. The van der Waals surface area contributed by atoms with Gasteiger partial charge in [-0.05, 0) is 6.07 Å². The normalized spacial score (nSPS) is 10.3. The smallest absolute Gasteiger partial charge is 0.341 e. The second-order valence-electron chi connectivity index (χ2n) is 3.71. The average Bonchev–Trinajstić information content (AvgIpc) is 2.44. The Balaban J connectivity index is 2.74. The molecule has 0 radical (unpaired) electrons. The first-order chi connectivity index (χ1) is 9.10. The van der Waals surface area contributed by atoms with Crippen molar-refractivity contribution in [1.82, 2.24) is 4.98 Å². The Kier molecular flexibility index (Phi) is 3.76. The van der Waals surface area contributed by atoms with E-state index in [1.807, 2.05) is 0 Å². The van der Waals surface area contributed by atoms with Crippen LogP contribution < -0.4 is 9.47 Å². The number of carbonyl (C=O) groups is 1. The van der Waals surface area contributed by atoms with Gasteiger partial charge in [0.05, 0.1) is 32.4 Å². The van der Waals surface area contributed by atoms with Crippen molar-refractivity contribution in [3.63, 3.8) is 0 Å². The lowest BCUT2D eigenvalue weighted by Crippen LogP contribution is -2.04. The minimum atomic E-state index is -0.544. The summed E-state index contributed by atoms with van der Waals surface area (Å²) in [7, 11) is 4.36. The number of rotatable bonds is 3. The number of halogens is 1. The van der Waals surface area contributed by atoms with Crippen LogP contribution in [-0.4, -0.2) is 32.3 Å². The van der Waals surface area contributed by atoms with Crippen LogP contribution in [0.15, 0.2) is 18.2 Å². The number of methoxy groups -OCH3 is 3. The highest BCUT2D eigenvalue weighted by atomic mass is 35.5. The van der Waals surface area contributed by atoms with Gasteiger partial charge in [-0.3, -0.25) is 0 Å². The molecule has 1 aromatic heterocycles. The second-order valence-corrected chi connectivity index (χ2v) is 4.07. The van der Waals surface area contributed by atoms with Crippen molar-refractivity contribution in [1.29, 1.82) is 0 Å². The molecule has 1 heterocycles. The summed E-state index contributed by atoms with van der Waals surface area (Å²) in [5.74, 6) is 0.597. The quantitative estimate of drug-likeness (QED) is 0.639. The van der Waals surface area contributed by atoms with Crippen LogP contribution in [0.25, 0.3) is 10.9 Å². The molecule has 0 spiro atoms. The van der Waals surface area contributed by atoms with Gasteiger partial charge in [-0.2, -0.15) is 0 Å². The van der Waals surface area contributed by atoms with Crippen LogP contribution >= 0.6 is 11.6 Å². The van der Waals surface area contributed by atoms with Crippen LogP contribution in [0.5, 0.6) is 11.5 Å². The van der Waals surface area contributed by atoms with E-state index in [2.05, 4.69) is 9.72 Å². The zero-order valence-electron chi connectivity index (χ0n) is 10.7. The molecule has 1 aromatic carbocycles. The predicted octanol–water partition coefficient (Wildman–Crippen LogP) is 2.69. The summed E-state index contributed by atoms with van der Waals surface area (Å²) in [5, 5.41) is 0.739. The summed E-state index contributed by atoms with van der Waals surface area (Å²) >= 11 is 5.97. The van der Waals surface area contributed by atoms with Crippen LogP contribution in [0.1, 0.15) is 10.4 Å². The molecule has 2 rings (SSSR count). The van der Waals surface area contributed by atoms with Gasteiger partial charge in [0.2, 0.25) is 0 Å². The number of hydrogen-bond donors (Lipinski definition) is 0. The number of esters is 1. The molecule has 5 nitrogen and oxygen atoms in total. The molecule has 0 aliphatic heterocycles. The fraction of sp³-hybridized carbons (Fsp3) is 0.231. The van der Waals surface area contributed by atoms with Gasteiger partial charge in [0.15, 0.2) is 0 Å². The van der Waals surface area contributed by atoms with E-state index in [1.165, 1.54) is 14.2 Å². The Hall–Kier alpha value is -2.01. The van der Waals surface area contributed by atoms with Gasteiger partial charge in [0.25, 0.3) is 0 Å². The Bertz CT molecular complexity index is 642. The monoisotopic (exact) mass is 281 g/mol. The van der Waals surface area contributed by atoms with E-state index >= 15 is 0 Å². The van der Waals surface area contributed by atoms with E-state index in [0.717, 1.165) is 0 Å². The number of benzene rings is 1. The highest BCUT2D eigenvalue weighted by Gasteiger charge is 2.16. The zero-order valence-corrected chi connectivity index (χ0v) is 11.4. The molecule has 0 bridgehead atoms. The van der Waals surface area contributed by atoms with Crippen LogP contribution in [-0.2, 0) is 4.74 Å². The van der Waals surface area contributed by atoms with Crippen molar-refractivity contribution >= 4 is 28.5 Å². The van der Waals surface area contributed by atoms with Gasteiger partial charge in [0.1, 0.15) is 16.7 Å². The first-order valence-electron chi connectivity index (χ1n) is 5.41. The molecule has 0 aliphatic rings. The number of carbonyl (C=O) groups excluding carboxylic acids is 1. The Morgan fingerprint density at radius 2 is 1.89 bits per heavy atom. The molecule has 0 aliphatic carbocycles. The molecule has 0 amide bonds. The third-order valence-electron chi connectivity index (χ3n) is 2.68. The topological polar surface area (TPSA) is 57.7 Å². The van der Waals surface area contributed by atoms with E-state index in [9.17, 15) is 4.79 Å². The molecule has 6 heteroatoms. The molecule has 2 aromatic rings. The lowest BCUT2D eigenvalue weighted by Gasteiger charge is -2.10. The van der Waals surface area contributed by atoms with Gasteiger partial charge in [-0.1, -0.05) is 11.6 Å². The summed E-state index contributed by atoms with van der Waals surface area (Å²) in [6.45, 7) is 0.